The van der Waals surface area contributed by atoms with Crippen LogP contribution in [0.3, 0.4) is 0 Å². The molecular weight excluding hydrogens is 428 g/mol. The van der Waals surface area contributed by atoms with Gasteiger partial charge in [0.05, 0.1) is 24.7 Å². The maximum absolute atomic E-state index is 11.4. The van der Waals surface area contributed by atoms with Crippen LogP contribution >= 0.6 is 23.5 Å². The third-order valence-electron chi connectivity index (χ3n) is 3.61. The van der Waals surface area contributed by atoms with Gasteiger partial charge in [-0.3, -0.25) is 19.8 Å². The minimum absolute atomic E-state index is 0.159. The first-order chi connectivity index (χ1) is 14.6. The summed E-state index contributed by atoms with van der Waals surface area (Å²) in [6.45, 7) is 4.22. The number of hydrogen-bond donors (Lipinski definition) is 2. The van der Waals surface area contributed by atoms with E-state index in [1.54, 1.807) is 13.8 Å². The third kappa shape index (κ3) is 6.07. The number of hydrogen-bond acceptors (Lipinski definition) is 10. The van der Waals surface area contributed by atoms with Crippen LogP contribution in [0.2, 0.25) is 0 Å². The average Bonchev–Trinajstić information content (AvgIpc) is 3.41. The van der Waals surface area contributed by atoms with Crippen LogP contribution in [-0.2, 0) is 19.1 Å². The molecule has 0 saturated heterocycles. The minimum Gasteiger partial charge on any atom is -0.465 e. The van der Waals surface area contributed by atoms with Crippen molar-refractivity contribution in [3.63, 3.8) is 0 Å². The second-order valence-electron chi connectivity index (χ2n) is 5.70. The van der Waals surface area contributed by atoms with E-state index >= 15 is 0 Å². The Morgan fingerprint density at radius 2 is 1.20 bits per heavy atom. The molecular formula is C18H20N6O4S2. The molecule has 3 rings (SSSR count). The summed E-state index contributed by atoms with van der Waals surface area (Å²) in [6.07, 6.45) is 0. The molecule has 30 heavy (non-hydrogen) atoms. The number of aromatic amines is 2. The average molecular weight is 449 g/mol. The van der Waals surface area contributed by atoms with Gasteiger partial charge in [-0.05, 0) is 13.8 Å². The SMILES string of the molecule is CCOC(=O)CSc1n[nH]c(-c2ccc(-c3nc(SCC(=O)OCC)n[nH]3)cc2)n1. The van der Waals surface area contributed by atoms with Crippen molar-refractivity contribution in [3.05, 3.63) is 24.3 Å². The lowest BCUT2D eigenvalue weighted by Crippen LogP contribution is -2.06. The predicted molar refractivity (Wildman–Crippen MR) is 112 cm³/mol. The van der Waals surface area contributed by atoms with Crippen LogP contribution in [0.15, 0.2) is 34.6 Å². The Balaban J connectivity index is 1.59. The molecule has 2 N–H and O–H groups in total. The fourth-order valence-corrected chi connectivity index (χ4v) is 3.51. The van der Waals surface area contributed by atoms with Gasteiger partial charge in [-0.1, -0.05) is 47.8 Å². The van der Waals surface area contributed by atoms with Gasteiger partial charge in [0.15, 0.2) is 11.6 Å². The highest BCUT2D eigenvalue weighted by Gasteiger charge is 2.12. The lowest BCUT2D eigenvalue weighted by atomic mass is 10.1. The fourth-order valence-electron chi connectivity index (χ4n) is 2.32. The molecule has 12 heteroatoms. The fraction of sp³-hybridized carbons (Fsp3) is 0.333. The molecule has 0 unspecified atom stereocenters. The molecule has 1 aromatic carbocycles. The zero-order valence-electron chi connectivity index (χ0n) is 16.4. The Bertz CT molecular complexity index is 909. The van der Waals surface area contributed by atoms with Crippen molar-refractivity contribution >= 4 is 35.5 Å². The molecule has 0 atom stereocenters. The number of rotatable bonds is 10. The van der Waals surface area contributed by atoms with Crippen molar-refractivity contribution in [3.8, 4) is 22.8 Å². The van der Waals surface area contributed by atoms with Gasteiger partial charge in [0.2, 0.25) is 10.3 Å². The predicted octanol–water partition coefficient (Wildman–Crippen LogP) is 2.57. The van der Waals surface area contributed by atoms with Crippen molar-refractivity contribution in [2.75, 3.05) is 24.7 Å². The molecule has 0 aliphatic heterocycles. The van der Waals surface area contributed by atoms with E-state index in [1.807, 2.05) is 24.3 Å². The van der Waals surface area contributed by atoms with Gasteiger partial charge in [0.1, 0.15) is 0 Å². The van der Waals surface area contributed by atoms with Gasteiger partial charge in [0, 0.05) is 11.1 Å². The molecule has 10 nitrogen and oxygen atoms in total. The third-order valence-corrected chi connectivity index (χ3v) is 5.25. The van der Waals surface area contributed by atoms with E-state index in [1.165, 1.54) is 23.5 Å². The minimum atomic E-state index is -0.301. The zero-order valence-corrected chi connectivity index (χ0v) is 18.0. The standard InChI is InChI=1S/C18H20N6O4S2/c1-3-27-13(25)9-29-17-19-15(21-23-17)11-5-7-12(8-6-11)16-20-18(24-22-16)30-10-14(26)28-4-2/h5-8H,3-4,9-10H2,1-2H3,(H,19,21,23)(H,20,22,24). The van der Waals surface area contributed by atoms with Crippen LogP contribution in [0.1, 0.15) is 13.8 Å². The lowest BCUT2D eigenvalue weighted by Gasteiger charge is -1.99. The summed E-state index contributed by atoms with van der Waals surface area (Å²) in [7, 11) is 0. The number of carbonyl (C=O) groups excluding carboxylic acids is 2. The largest absolute Gasteiger partial charge is 0.465 e. The molecule has 0 saturated carbocycles. The molecule has 0 aliphatic rings. The van der Waals surface area contributed by atoms with Gasteiger partial charge in [0.25, 0.3) is 0 Å². The number of ether oxygens (including phenoxy) is 2. The summed E-state index contributed by atoms with van der Waals surface area (Å²) in [5.41, 5.74) is 1.68. The summed E-state index contributed by atoms with van der Waals surface area (Å²) in [4.78, 5) is 31.6. The van der Waals surface area contributed by atoms with Crippen LogP contribution in [-0.4, -0.2) is 67.0 Å². The monoisotopic (exact) mass is 448 g/mol. The summed E-state index contributed by atoms with van der Waals surface area (Å²) < 4.78 is 9.77. The van der Waals surface area contributed by atoms with Crippen molar-refractivity contribution in [1.82, 2.24) is 30.4 Å². The first-order valence-corrected chi connectivity index (χ1v) is 11.1. The molecule has 3 aromatic rings. The Morgan fingerprint density at radius 1 is 0.800 bits per heavy atom. The molecule has 0 spiro atoms. The number of nitrogens with one attached hydrogen (secondary N) is 2. The highest BCUT2D eigenvalue weighted by atomic mass is 32.2. The number of nitrogens with zero attached hydrogens (tertiary/aromatic N) is 4. The lowest BCUT2D eigenvalue weighted by molar-refractivity contribution is -0.140. The Kier molecular flexibility index (Phi) is 7.85. The molecule has 2 heterocycles. The van der Waals surface area contributed by atoms with Crippen molar-refractivity contribution in [1.29, 1.82) is 0 Å². The molecule has 0 bridgehead atoms. The molecule has 0 aliphatic carbocycles. The van der Waals surface area contributed by atoms with E-state index < -0.39 is 0 Å². The van der Waals surface area contributed by atoms with Crippen LogP contribution in [0.5, 0.6) is 0 Å². The second-order valence-corrected chi connectivity index (χ2v) is 7.58. The van der Waals surface area contributed by atoms with Crippen molar-refractivity contribution in [2.24, 2.45) is 0 Å². The summed E-state index contributed by atoms with van der Waals surface area (Å²) in [6, 6.07) is 7.51. The molecule has 0 amide bonds. The zero-order chi connectivity index (χ0) is 21.3. The maximum Gasteiger partial charge on any atom is 0.316 e. The maximum atomic E-state index is 11.4. The van der Waals surface area contributed by atoms with Crippen LogP contribution in [0, 0.1) is 0 Å². The van der Waals surface area contributed by atoms with Gasteiger partial charge >= 0.3 is 11.9 Å². The van der Waals surface area contributed by atoms with Gasteiger partial charge in [-0.2, -0.15) is 0 Å². The normalized spacial score (nSPS) is 10.7. The Hall–Kier alpha value is -2.86. The Morgan fingerprint density at radius 3 is 1.57 bits per heavy atom. The highest BCUT2D eigenvalue weighted by molar-refractivity contribution is 8.00. The molecule has 0 fully saturated rings. The van der Waals surface area contributed by atoms with E-state index in [0.717, 1.165) is 11.1 Å². The van der Waals surface area contributed by atoms with Crippen LogP contribution < -0.4 is 0 Å². The van der Waals surface area contributed by atoms with Gasteiger partial charge in [-0.25, -0.2) is 9.97 Å². The topological polar surface area (TPSA) is 136 Å². The summed E-state index contributed by atoms with van der Waals surface area (Å²) >= 11 is 2.42. The van der Waals surface area contributed by atoms with Gasteiger partial charge < -0.3 is 9.47 Å². The number of H-pyrrole nitrogens is 2. The number of aromatic nitrogens is 6. The molecule has 0 radical (unpaired) electrons. The second kappa shape index (κ2) is 10.8. The molecule has 158 valence electrons. The first kappa shape index (κ1) is 21.8. The van der Waals surface area contributed by atoms with Crippen LogP contribution in [0.25, 0.3) is 22.8 Å². The van der Waals surface area contributed by atoms with Gasteiger partial charge in [-0.15, -0.1) is 10.2 Å². The van der Waals surface area contributed by atoms with E-state index in [4.69, 9.17) is 9.47 Å². The smallest absolute Gasteiger partial charge is 0.316 e. The number of benzene rings is 1. The van der Waals surface area contributed by atoms with Crippen molar-refractivity contribution < 1.29 is 19.1 Å². The first-order valence-electron chi connectivity index (χ1n) is 9.11. The van der Waals surface area contributed by atoms with Crippen LogP contribution in [0.4, 0.5) is 0 Å². The highest BCUT2D eigenvalue weighted by Crippen LogP contribution is 2.24. The van der Waals surface area contributed by atoms with E-state index in [0.29, 0.717) is 35.2 Å². The van der Waals surface area contributed by atoms with E-state index in [2.05, 4.69) is 30.4 Å². The van der Waals surface area contributed by atoms with E-state index in [-0.39, 0.29) is 23.4 Å². The molecule has 2 aromatic heterocycles. The Labute approximate surface area is 180 Å². The number of thioether (sulfide) groups is 2. The quantitative estimate of drug-likeness (QED) is 0.352. The summed E-state index contributed by atoms with van der Waals surface area (Å²) in [5, 5.41) is 14.9. The van der Waals surface area contributed by atoms with E-state index in [9.17, 15) is 9.59 Å². The number of esters is 2. The van der Waals surface area contributed by atoms with Crippen molar-refractivity contribution in [2.45, 2.75) is 24.2 Å². The summed E-state index contributed by atoms with van der Waals surface area (Å²) in [5.74, 6) is 0.903. The number of carbonyl (C=O) groups is 2.